The predicted molar refractivity (Wildman–Crippen MR) is 114 cm³/mol. The Kier molecular flexibility index (Phi) is 4.69. The molecule has 0 fully saturated rings. The summed E-state index contributed by atoms with van der Waals surface area (Å²) in [5.74, 6) is 0. The number of nitrogens with one attached hydrogen (secondary N) is 2. The summed E-state index contributed by atoms with van der Waals surface area (Å²) in [5.41, 5.74) is 1.81. The van der Waals surface area contributed by atoms with E-state index < -0.39 is 15.6 Å². The van der Waals surface area contributed by atoms with Crippen molar-refractivity contribution in [2.24, 2.45) is 0 Å². The molecule has 0 amide bonds. The summed E-state index contributed by atoms with van der Waals surface area (Å²) < 4.78 is 28.3. The van der Waals surface area contributed by atoms with E-state index in [1.165, 1.54) is 0 Å². The van der Waals surface area contributed by atoms with Crippen LogP contribution in [-0.4, -0.2) is 21.2 Å². The number of aromatic amines is 1. The summed E-state index contributed by atoms with van der Waals surface area (Å²) in [6.45, 7) is 0. The first kappa shape index (κ1) is 18.3. The second-order valence-corrected chi connectivity index (χ2v) is 8.32. The minimum absolute atomic E-state index is 0.0141. The molecule has 28 heavy (non-hydrogen) atoms. The number of hydrogen-bond donors (Lipinski definition) is 2. The van der Waals surface area contributed by atoms with Crippen molar-refractivity contribution in [3.05, 3.63) is 82.0 Å². The van der Waals surface area contributed by atoms with Crippen molar-refractivity contribution in [1.82, 2.24) is 4.98 Å². The van der Waals surface area contributed by atoms with E-state index in [1.807, 2.05) is 36.4 Å². The average Bonchev–Trinajstić information content (AvgIpc) is 2.70. The van der Waals surface area contributed by atoms with Crippen LogP contribution in [0.2, 0.25) is 0 Å². The molecule has 2 N–H and O–H groups in total. The van der Waals surface area contributed by atoms with E-state index in [0.717, 1.165) is 5.56 Å². The highest BCUT2D eigenvalue weighted by Crippen LogP contribution is 2.33. The third-order valence-electron chi connectivity index (χ3n) is 4.66. The third-order valence-corrected chi connectivity index (χ3v) is 6.16. The number of aromatic nitrogens is 1. The molecular formula is C21H17BN2O3S. The molecule has 7 heteroatoms. The highest BCUT2D eigenvalue weighted by atomic mass is 32.2. The van der Waals surface area contributed by atoms with Crippen molar-refractivity contribution >= 4 is 39.9 Å². The molecule has 0 aliphatic heterocycles. The van der Waals surface area contributed by atoms with Crippen molar-refractivity contribution < 1.29 is 8.42 Å². The average molecular weight is 388 g/mol. The van der Waals surface area contributed by atoms with Gasteiger partial charge in [-0.2, -0.15) is 0 Å². The maximum absolute atomic E-state index is 12.9. The first-order chi connectivity index (χ1) is 13.5. The molecule has 3 aromatic rings. The number of rotatable bonds is 4. The molecule has 1 heterocycles. The SMILES string of the molecule is [B]c1ccc2[nH]c(=O)c(NS(=O)(=O)C3=CC=CCC3)c(-c3ccccc3)c2c1. The quantitative estimate of drug-likeness (QED) is 0.675. The normalized spacial score (nSPS) is 14.1. The van der Waals surface area contributed by atoms with Gasteiger partial charge in [0.2, 0.25) is 0 Å². The van der Waals surface area contributed by atoms with Crippen LogP contribution in [0.15, 0.2) is 76.5 Å². The Morgan fingerprint density at radius 2 is 1.86 bits per heavy atom. The lowest BCUT2D eigenvalue weighted by Gasteiger charge is -2.17. The molecule has 0 unspecified atom stereocenters. The van der Waals surface area contributed by atoms with Gasteiger partial charge in [0.1, 0.15) is 13.5 Å². The Hall–Kier alpha value is -3.06. The van der Waals surface area contributed by atoms with Crippen LogP contribution < -0.4 is 15.7 Å². The summed E-state index contributed by atoms with van der Waals surface area (Å²) >= 11 is 0. The van der Waals surface area contributed by atoms with Crippen LogP contribution in [0.1, 0.15) is 12.8 Å². The van der Waals surface area contributed by atoms with E-state index in [4.69, 9.17) is 7.85 Å². The Labute approximate surface area is 164 Å². The van der Waals surface area contributed by atoms with Gasteiger partial charge in [-0.3, -0.25) is 9.52 Å². The van der Waals surface area contributed by atoms with Crippen LogP contribution in [0.4, 0.5) is 5.69 Å². The van der Waals surface area contributed by atoms with Gasteiger partial charge in [0, 0.05) is 16.5 Å². The molecule has 4 rings (SSSR count). The van der Waals surface area contributed by atoms with Gasteiger partial charge in [0.15, 0.2) is 0 Å². The molecule has 1 aliphatic carbocycles. The summed E-state index contributed by atoms with van der Waals surface area (Å²) in [4.78, 5) is 15.8. The number of anilines is 1. The van der Waals surface area contributed by atoms with Crippen LogP contribution in [0.3, 0.4) is 0 Å². The van der Waals surface area contributed by atoms with E-state index in [1.54, 1.807) is 30.4 Å². The van der Waals surface area contributed by atoms with Crippen molar-refractivity contribution in [1.29, 1.82) is 0 Å². The van der Waals surface area contributed by atoms with Gasteiger partial charge < -0.3 is 4.98 Å². The molecule has 0 saturated heterocycles. The van der Waals surface area contributed by atoms with Crippen LogP contribution in [-0.2, 0) is 10.0 Å². The first-order valence-electron chi connectivity index (χ1n) is 8.85. The number of fused-ring (bicyclic) bond motifs is 1. The maximum atomic E-state index is 12.9. The zero-order chi connectivity index (χ0) is 19.7. The zero-order valence-electron chi connectivity index (χ0n) is 15.0. The second-order valence-electron chi connectivity index (χ2n) is 6.58. The summed E-state index contributed by atoms with van der Waals surface area (Å²) in [7, 11) is 2.10. The van der Waals surface area contributed by atoms with Crippen LogP contribution in [0.25, 0.3) is 22.0 Å². The number of hydrogen-bond acceptors (Lipinski definition) is 3. The largest absolute Gasteiger partial charge is 0.320 e. The smallest absolute Gasteiger partial charge is 0.273 e. The number of H-pyrrole nitrogens is 1. The number of allylic oxidation sites excluding steroid dienone is 4. The Morgan fingerprint density at radius 1 is 1.07 bits per heavy atom. The maximum Gasteiger partial charge on any atom is 0.273 e. The molecule has 1 aromatic heterocycles. The molecule has 5 nitrogen and oxygen atoms in total. The lowest BCUT2D eigenvalue weighted by molar-refractivity contribution is 0.605. The Morgan fingerprint density at radius 3 is 2.57 bits per heavy atom. The van der Waals surface area contributed by atoms with E-state index in [0.29, 0.717) is 34.8 Å². The zero-order valence-corrected chi connectivity index (χ0v) is 15.8. The highest BCUT2D eigenvalue weighted by molar-refractivity contribution is 7.96. The summed E-state index contributed by atoms with van der Waals surface area (Å²) in [6.07, 6.45) is 6.20. The lowest BCUT2D eigenvalue weighted by Crippen LogP contribution is -2.23. The number of benzene rings is 2. The molecular weight excluding hydrogens is 371 g/mol. The minimum Gasteiger partial charge on any atom is -0.320 e. The van der Waals surface area contributed by atoms with Gasteiger partial charge in [-0.25, -0.2) is 8.42 Å². The molecule has 2 aromatic carbocycles. The van der Waals surface area contributed by atoms with E-state index in [2.05, 4.69) is 9.71 Å². The Bertz CT molecular complexity index is 1280. The van der Waals surface area contributed by atoms with E-state index in [-0.39, 0.29) is 10.6 Å². The first-order valence-corrected chi connectivity index (χ1v) is 10.3. The summed E-state index contributed by atoms with van der Waals surface area (Å²) in [6, 6.07) is 14.3. The molecule has 138 valence electrons. The predicted octanol–water partition coefficient (Wildman–Crippen LogP) is 2.96. The monoisotopic (exact) mass is 388 g/mol. The third kappa shape index (κ3) is 3.41. The van der Waals surface area contributed by atoms with Gasteiger partial charge >= 0.3 is 0 Å². The fourth-order valence-corrected chi connectivity index (χ4v) is 4.56. The molecule has 1 aliphatic rings. The van der Waals surface area contributed by atoms with Gasteiger partial charge in [-0.05, 0) is 30.5 Å². The van der Waals surface area contributed by atoms with E-state index in [9.17, 15) is 13.2 Å². The molecule has 0 bridgehead atoms. The standard InChI is InChI=1S/C21H17BN2O3S/c22-15-11-12-18-17(13-15)19(14-7-3-1-4-8-14)20(21(25)23-18)24-28(26,27)16-9-5-2-6-10-16/h1-5,7-9,11-13,24H,6,10H2,(H,23,25). The molecule has 2 radical (unpaired) electrons. The topological polar surface area (TPSA) is 79.0 Å². The highest BCUT2D eigenvalue weighted by Gasteiger charge is 2.23. The van der Waals surface area contributed by atoms with E-state index >= 15 is 0 Å². The van der Waals surface area contributed by atoms with Gasteiger partial charge in [-0.15, -0.1) is 0 Å². The number of pyridine rings is 1. The molecule has 0 saturated carbocycles. The van der Waals surface area contributed by atoms with Crippen molar-refractivity contribution in [2.45, 2.75) is 12.8 Å². The van der Waals surface area contributed by atoms with Gasteiger partial charge in [0.25, 0.3) is 15.6 Å². The molecule has 0 atom stereocenters. The van der Waals surface area contributed by atoms with Crippen LogP contribution in [0.5, 0.6) is 0 Å². The fourth-order valence-electron chi connectivity index (χ4n) is 3.32. The van der Waals surface area contributed by atoms with Crippen molar-refractivity contribution in [3.63, 3.8) is 0 Å². The second kappa shape index (κ2) is 7.17. The molecule has 0 spiro atoms. The lowest BCUT2D eigenvalue weighted by atomic mass is 9.91. The van der Waals surface area contributed by atoms with Crippen LogP contribution >= 0.6 is 0 Å². The van der Waals surface area contributed by atoms with Crippen LogP contribution in [0, 0.1) is 0 Å². The van der Waals surface area contributed by atoms with Gasteiger partial charge in [-0.1, -0.05) is 60.1 Å². The Balaban J connectivity index is 1.98. The van der Waals surface area contributed by atoms with Crippen molar-refractivity contribution in [3.8, 4) is 11.1 Å². The fraction of sp³-hybridized carbons (Fsp3) is 0.0952. The number of sulfonamides is 1. The summed E-state index contributed by atoms with van der Waals surface area (Å²) in [5, 5.41) is 0.668. The van der Waals surface area contributed by atoms with Gasteiger partial charge in [0.05, 0.1) is 4.91 Å². The van der Waals surface area contributed by atoms with Crippen molar-refractivity contribution in [2.75, 3.05) is 4.72 Å². The minimum atomic E-state index is -3.86.